The van der Waals surface area contributed by atoms with Crippen molar-refractivity contribution in [3.8, 4) is 0 Å². The van der Waals surface area contributed by atoms with Crippen LogP contribution >= 0.6 is 11.3 Å². The molecule has 0 spiro atoms. The molecule has 1 aliphatic rings. The lowest BCUT2D eigenvalue weighted by molar-refractivity contribution is 0.413. The van der Waals surface area contributed by atoms with Crippen molar-refractivity contribution < 1.29 is 0 Å². The first-order valence-electron chi connectivity index (χ1n) is 6.48. The summed E-state index contributed by atoms with van der Waals surface area (Å²) >= 11 is 1.77. The minimum atomic E-state index is 0.473. The fraction of sp³-hybridized carbons (Fsp3) is 0.769. The zero-order valence-electron chi connectivity index (χ0n) is 10.3. The van der Waals surface area contributed by atoms with Crippen LogP contribution < -0.4 is 5.32 Å². The van der Waals surface area contributed by atoms with E-state index in [1.54, 1.807) is 11.3 Å². The molecule has 1 fully saturated rings. The van der Waals surface area contributed by atoms with Crippen molar-refractivity contribution in [2.24, 2.45) is 5.92 Å². The van der Waals surface area contributed by atoms with E-state index < -0.39 is 0 Å². The van der Waals surface area contributed by atoms with Crippen molar-refractivity contribution in [2.45, 2.75) is 58.0 Å². The summed E-state index contributed by atoms with van der Waals surface area (Å²) in [6.07, 6.45) is 8.50. The van der Waals surface area contributed by atoms with Gasteiger partial charge in [-0.15, -0.1) is 11.3 Å². The van der Waals surface area contributed by atoms with Crippen LogP contribution in [0.25, 0.3) is 0 Å². The van der Waals surface area contributed by atoms with Crippen LogP contribution in [0.1, 0.15) is 57.0 Å². The van der Waals surface area contributed by atoms with E-state index >= 15 is 0 Å². The summed E-state index contributed by atoms with van der Waals surface area (Å²) in [5.74, 6) is 0.950. The second kappa shape index (κ2) is 5.78. The molecule has 90 valence electrons. The Hall–Kier alpha value is -0.410. The SMILES string of the molecule is CCC1CCC(NC(CC)c2nccs2)C1. The summed E-state index contributed by atoms with van der Waals surface area (Å²) in [7, 11) is 0. The molecular weight excluding hydrogens is 216 g/mol. The van der Waals surface area contributed by atoms with Crippen molar-refractivity contribution >= 4 is 11.3 Å². The van der Waals surface area contributed by atoms with Gasteiger partial charge in [0.2, 0.25) is 0 Å². The number of thiazole rings is 1. The van der Waals surface area contributed by atoms with E-state index in [0.717, 1.165) is 18.4 Å². The number of aromatic nitrogens is 1. The number of nitrogens with one attached hydrogen (secondary N) is 1. The summed E-state index contributed by atoms with van der Waals surface area (Å²) in [4.78, 5) is 4.42. The smallest absolute Gasteiger partial charge is 0.109 e. The molecule has 3 unspecified atom stereocenters. The van der Waals surface area contributed by atoms with Gasteiger partial charge in [0, 0.05) is 17.6 Å². The monoisotopic (exact) mass is 238 g/mol. The minimum Gasteiger partial charge on any atom is -0.305 e. The van der Waals surface area contributed by atoms with Gasteiger partial charge in [-0.1, -0.05) is 20.3 Å². The normalized spacial score (nSPS) is 27.1. The van der Waals surface area contributed by atoms with E-state index in [9.17, 15) is 0 Å². The maximum absolute atomic E-state index is 4.42. The third-order valence-corrected chi connectivity index (χ3v) is 4.60. The molecule has 3 heteroatoms. The third-order valence-electron chi connectivity index (χ3n) is 3.71. The minimum absolute atomic E-state index is 0.473. The van der Waals surface area contributed by atoms with Crippen molar-refractivity contribution in [1.82, 2.24) is 10.3 Å². The highest BCUT2D eigenvalue weighted by Gasteiger charge is 2.25. The molecule has 0 bridgehead atoms. The van der Waals surface area contributed by atoms with Crippen LogP contribution in [0.2, 0.25) is 0 Å². The summed E-state index contributed by atoms with van der Waals surface area (Å²) < 4.78 is 0. The van der Waals surface area contributed by atoms with Gasteiger partial charge in [0.05, 0.1) is 6.04 Å². The molecule has 0 radical (unpaired) electrons. The lowest BCUT2D eigenvalue weighted by Gasteiger charge is -2.20. The Morgan fingerprint density at radius 3 is 2.94 bits per heavy atom. The van der Waals surface area contributed by atoms with Gasteiger partial charge >= 0.3 is 0 Å². The Kier molecular flexibility index (Phi) is 4.36. The van der Waals surface area contributed by atoms with Gasteiger partial charge in [0.1, 0.15) is 5.01 Å². The molecular formula is C13H22N2S. The molecule has 0 aliphatic heterocycles. The third kappa shape index (κ3) is 2.83. The van der Waals surface area contributed by atoms with Gasteiger partial charge < -0.3 is 5.32 Å². The molecule has 3 atom stereocenters. The van der Waals surface area contributed by atoms with Crippen LogP contribution in [0, 0.1) is 5.92 Å². The van der Waals surface area contributed by atoms with Gasteiger partial charge in [-0.05, 0) is 31.6 Å². The molecule has 1 N–H and O–H groups in total. The molecule has 1 aromatic rings. The molecule has 2 rings (SSSR count). The first-order chi connectivity index (χ1) is 7.83. The second-order valence-electron chi connectivity index (χ2n) is 4.78. The highest BCUT2D eigenvalue weighted by molar-refractivity contribution is 7.09. The van der Waals surface area contributed by atoms with E-state index in [1.165, 1.54) is 30.7 Å². The fourth-order valence-corrected chi connectivity index (χ4v) is 3.43. The van der Waals surface area contributed by atoms with Crippen LogP contribution in [0.4, 0.5) is 0 Å². The van der Waals surface area contributed by atoms with Crippen LogP contribution in [0.3, 0.4) is 0 Å². The Morgan fingerprint density at radius 1 is 1.50 bits per heavy atom. The van der Waals surface area contributed by atoms with E-state index in [-0.39, 0.29) is 0 Å². The summed E-state index contributed by atoms with van der Waals surface area (Å²) in [6.45, 7) is 4.55. The molecule has 0 saturated heterocycles. The average molecular weight is 238 g/mol. The number of rotatable bonds is 5. The van der Waals surface area contributed by atoms with Gasteiger partial charge in [-0.25, -0.2) is 4.98 Å². The van der Waals surface area contributed by atoms with Crippen LogP contribution in [-0.2, 0) is 0 Å². The Bertz CT molecular complexity index is 297. The van der Waals surface area contributed by atoms with Crippen LogP contribution in [0.15, 0.2) is 11.6 Å². The van der Waals surface area contributed by atoms with Crippen LogP contribution in [-0.4, -0.2) is 11.0 Å². The Balaban J connectivity index is 1.88. The fourth-order valence-electron chi connectivity index (χ4n) is 2.65. The van der Waals surface area contributed by atoms with E-state index in [2.05, 4.69) is 29.5 Å². The summed E-state index contributed by atoms with van der Waals surface area (Å²) in [5, 5.41) is 7.11. The highest BCUT2D eigenvalue weighted by Crippen LogP contribution is 2.30. The molecule has 1 saturated carbocycles. The number of hydrogen-bond acceptors (Lipinski definition) is 3. The van der Waals surface area contributed by atoms with Gasteiger partial charge in [0.15, 0.2) is 0 Å². The maximum atomic E-state index is 4.42. The van der Waals surface area contributed by atoms with Crippen LogP contribution in [0.5, 0.6) is 0 Å². The largest absolute Gasteiger partial charge is 0.305 e. The number of nitrogens with zero attached hydrogens (tertiary/aromatic N) is 1. The Labute approximate surface area is 102 Å². The van der Waals surface area contributed by atoms with E-state index in [4.69, 9.17) is 0 Å². The van der Waals surface area contributed by atoms with E-state index in [1.807, 2.05) is 6.20 Å². The van der Waals surface area contributed by atoms with E-state index in [0.29, 0.717) is 6.04 Å². The van der Waals surface area contributed by atoms with Crippen molar-refractivity contribution in [3.63, 3.8) is 0 Å². The maximum Gasteiger partial charge on any atom is 0.109 e. The summed E-state index contributed by atoms with van der Waals surface area (Å²) in [6, 6.07) is 1.19. The molecule has 1 aliphatic carbocycles. The van der Waals surface area contributed by atoms with Gasteiger partial charge in [0.25, 0.3) is 0 Å². The number of hydrogen-bond donors (Lipinski definition) is 1. The zero-order valence-corrected chi connectivity index (χ0v) is 11.1. The molecule has 1 aromatic heterocycles. The van der Waals surface area contributed by atoms with Crippen molar-refractivity contribution in [3.05, 3.63) is 16.6 Å². The lowest BCUT2D eigenvalue weighted by atomic mass is 10.1. The predicted octanol–water partition coefficient (Wildman–Crippen LogP) is 3.76. The first-order valence-corrected chi connectivity index (χ1v) is 7.36. The standard InChI is InChI=1S/C13H22N2S/c1-3-10-5-6-11(9-10)15-12(4-2)13-14-7-8-16-13/h7-8,10-12,15H,3-6,9H2,1-2H3. The molecule has 0 amide bonds. The lowest BCUT2D eigenvalue weighted by Crippen LogP contribution is -2.30. The molecule has 16 heavy (non-hydrogen) atoms. The highest BCUT2D eigenvalue weighted by atomic mass is 32.1. The molecule has 1 heterocycles. The predicted molar refractivity (Wildman–Crippen MR) is 69.7 cm³/mol. The zero-order chi connectivity index (χ0) is 11.4. The first kappa shape index (κ1) is 12.1. The second-order valence-corrected chi connectivity index (χ2v) is 5.71. The topological polar surface area (TPSA) is 24.9 Å². The molecule has 2 nitrogen and oxygen atoms in total. The van der Waals surface area contributed by atoms with Gasteiger partial charge in [-0.3, -0.25) is 0 Å². The summed E-state index contributed by atoms with van der Waals surface area (Å²) in [5.41, 5.74) is 0. The molecule has 0 aromatic carbocycles. The Morgan fingerprint density at radius 2 is 2.38 bits per heavy atom. The van der Waals surface area contributed by atoms with Gasteiger partial charge in [-0.2, -0.15) is 0 Å². The quantitative estimate of drug-likeness (QED) is 0.845. The average Bonchev–Trinajstić information content (AvgIpc) is 2.96. The van der Waals surface area contributed by atoms with Crippen molar-refractivity contribution in [2.75, 3.05) is 0 Å². The van der Waals surface area contributed by atoms with Crippen molar-refractivity contribution in [1.29, 1.82) is 0 Å².